The summed E-state index contributed by atoms with van der Waals surface area (Å²) in [7, 11) is 0. The zero-order valence-corrected chi connectivity index (χ0v) is 14.2. The van der Waals surface area contributed by atoms with Crippen molar-refractivity contribution in [3.63, 3.8) is 0 Å². The van der Waals surface area contributed by atoms with E-state index in [0.717, 1.165) is 14.5 Å². The van der Waals surface area contributed by atoms with Crippen LogP contribution in [0, 0.1) is 0 Å². The molecule has 0 spiro atoms. The van der Waals surface area contributed by atoms with Crippen molar-refractivity contribution >= 4 is 37.8 Å². The van der Waals surface area contributed by atoms with Crippen molar-refractivity contribution in [2.45, 2.75) is 6.54 Å². The van der Waals surface area contributed by atoms with E-state index in [0.29, 0.717) is 12.3 Å². The van der Waals surface area contributed by atoms with Crippen molar-refractivity contribution in [1.82, 2.24) is 0 Å². The molecule has 0 unspecified atom stereocenters. The maximum Gasteiger partial charge on any atom is 0.301 e. The van der Waals surface area contributed by atoms with Gasteiger partial charge in [-0.05, 0) is 35.9 Å². The number of benzene rings is 2. The number of hydrogen-bond acceptors (Lipinski definition) is 3. The number of nitrogens with zero attached hydrogens (tertiary/aromatic N) is 2. The van der Waals surface area contributed by atoms with Crippen LogP contribution in [-0.4, -0.2) is 12.5 Å². The molecule has 0 aliphatic carbocycles. The van der Waals surface area contributed by atoms with Crippen molar-refractivity contribution in [3.05, 3.63) is 63.0 Å². The summed E-state index contributed by atoms with van der Waals surface area (Å²) in [4.78, 5) is 11.5. The van der Waals surface area contributed by atoms with Gasteiger partial charge >= 0.3 is 5.91 Å². The Labute approximate surface area is 139 Å². The van der Waals surface area contributed by atoms with Gasteiger partial charge in [-0.1, -0.05) is 50.1 Å². The molecule has 2 aromatic rings. The number of azo groups is 1. The Morgan fingerprint density at radius 1 is 1.05 bits per heavy atom. The summed E-state index contributed by atoms with van der Waals surface area (Å²) in [5, 5.41) is 7.49. The van der Waals surface area contributed by atoms with Crippen molar-refractivity contribution in [1.29, 1.82) is 0 Å². The second kappa shape index (κ2) is 8.05. The van der Waals surface area contributed by atoms with Gasteiger partial charge in [-0.2, -0.15) is 5.11 Å². The zero-order valence-electron chi connectivity index (χ0n) is 11.0. The summed E-state index contributed by atoms with van der Waals surface area (Å²) >= 11 is 6.69. The van der Waals surface area contributed by atoms with E-state index < -0.39 is 5.91 Å². The van der Waals surface area contributed by atoms with Crippen LogP contribution in [0.15, 0.2) is 67.7 Å². The fourth-order valence-electron chi connectivity index (χ4n) is 1.52. The van der Waals surface area contributed by atoms with Crippen LogP contribution in [0.5, 0.6) is 5.75 Å². The lowest BCUT2D eigenvalue weighted by Crippen LogP contribution is -2.07. The Morgan fingerprint density at radius 2 is 1.81 bits per heavy atom. The summed E-state index contributed by atoms with van der Waals surface area (Å²) in [5.74, 6) is 0.202. The van der Waals surface area contributed by atoms with Gasteiger partial charge in [-0.3, -0.25) is 4.79 Å². The molecule has 0 fully saturated rings. The molecule has 2 rings (SSSR count). The van der Waals surface area contributed by atoms with E-state index in [4.69, 9.17) is 4.74 Å². The van der Waals surface area contributed by atoms with Crippen molar-refractivity contribution < 1.29 is 9.53 Å². The first-order chi connectivity index (χ1) is 10.1. The molecule has 0 saturated heterocycles. The first-order valence-corrected chi connectivity index (χ1v) is 7.75. The van der Waals surface area contributed by atoms with E-state index in [9.17, 15) is 4.79 Å². The molecule has 0 radical (unpaired) electrons. The number of carbonyl (C=O) groups excluding carboxylic acids is 1. The Hall–Kier alpha value is -1.53. The van der Waals surface area contributed by atoms with E-state index in [2.05, 4.69) is 42.1 Å². The van der Waals surface area contributed by atoms with Crippen LogP contribution in [0.25, 0.3) is 0 Å². The molecule has 2 aromatic carbocycles. The Bertz CT molecular complexity index is 642. The molecule has 0 aliphatic rings. The number of hydrogen-bond donors (Lipinski definition) is 0. The highest BCUT2D eigenvalue weighted by Crippen LogP contribution is 2.17. The Balaban J connectivity index is 1.79. The fraction of sp³-hybridized carbons (Fsp3) is 0.133. The lowest BCUT2D eigenvalue weighted by atomic mass is 10.2. The van der Waals surface area contributed by atoms with Gasteiger partial charge in [0.15, 0.2) is 6.61 Å². The third kappa shape index (κ3) is 5.77. The maximum absolute atomic E-state index is 11.5. The molecule has 0 N–H and O–H groups in total. The van der Waals surface area contributed by atoms with Crippen LogP contribution in [0.3, 0.4) is 0 Å². The van der Waals surface area contributed by atoms with Crippen LogP contribution in [-0.2, 0) is 11.3 Å². The summed E-state index contributed by atoms with van der Waals surface area (Å²) < 4.78 is 7.22. The molecule has 0 heterocycles. The van der Waals surface area contributed by atoms with E-state index in [1.165, 1.54) is 0 Å². The minimum Gasteiger partial charge on any atom is -0.484 e. The van der Waals surface area contributed by atoms with Gasteiger partial charge in [-0.15, -0.1) is 5.11 Å². The summed E-state index contributed by atoms with van der Waals surface area (Å²) in [6, 6.07) is 15.0. The smallest absolute Gasteiger partial charge is 0.301 e. The molecular weight excluding hydrogens is 400 g/mol. The van der Waals surface area contributed by atoms with Gasteiger partial charge < -0.3 is 4.74 Å². The molecule has 108 valence electrons. The van der Waals surface area contributed by atoms with Gasteiger partial charge in [0.1, 0.15) is 5.75 Å². The van der Waals surface area contributed by atoms with Gasteiger partial charge in [0, 0.05) is 8.95 Å². The Morgan fingerprint density at radius 3 is 2.52 bits per heavy atom. The van der Waals surface area contributed by atoms with E-state index in [1.807, 2.05) is 36.4 Å². The minimum absolute atomic E-state index is 0.125. The normalized spacial score (nSPS) is 10.8. The monoisotopic (exact) mass is 410 g/mol. The Kier molecular flexibility index (Phi) is 6.07. The van der Waals surface area contributed by atoms with Gasteiger partial charge in [0.05, 0.1) is 6.54 Å². The third-order valence-electron chi connectivity index (χ3n) is 2.51. The average Bonchev–Trinajstić information content (AvgIpc) is 2.47. The second-order valence-corrected chi connectivity index (χ2v) is 6.00. The van der Waals surface area contributed by atoms with Gasteiger partial charge in [0.25, 0.3) is 0 Å². The van der Waals surface area contributed by atoms with Crippen molar-refractivity contribution in [2.24, 2.45) is 10.2 Å². The van der Waals surface area contributed by atoms with Crippen molar-refractivity contribution in [2.75, 3.05) is 6.61 Å². The number of carbonyl (C=O) groups is 1. The first kappa shape index (κ1) is 15.9. The molecule has 1 amide bonds. The highest BCUT2D eigenvalue weighted by molar-refractivity contribution is 9.10. The maximum atomic E-state index is 11.5. The second-order valence-electron chi connectivity index (χ2n) is 4.17. The predicted molar refractivity (Wildman–Crippen MR) is 87.3 cm³/mol. The third-order valence-corrected chi connectivity index (χ3v) is 3.53. The molecule has 0 saturated carbocycles. The predicted octanol–water partition coefficient (Wildman–Crippen LogP) is 4.77. The van der Waals surface area contributed by atoms with Crippen LogP contribution in [0.1, 0.15) is 5.56 Å². The lowest BCUT2D eigenvalue weighted by molar-refractivity contribution is -0.120. The van der Waals surface area contributed by atoms with Gasteiger partial charge in [-0.25, -0.2) is 0 Å². The number of rotatable bonds is 5. The summed E-state index contributed by atoms with van der Waals surface area (Å²) in [6.07, 6.45) is 0. The van der Waals surface area contributed by atoms with E-state index in [-0.39, 0.29) is 6.61 Å². The zero-order chi connectivity index (χ0) is 15.1. The standard InChI is InChI=1S/C15H12Br2N2O2/c16-12-6-4-11(5-7-12)9-18-19-15(20)10-21-14-3-1-2-13(17)8-14/h1-8H,9-10H2. The van der Waals surface area contributed by atoms with E-state index in [1.54, 1.807) is 12.1 Å². The SMILES string of the molecule is O=C(COc1cccc(Br)c1)N=NCc1ccc(Br)cc1. The molecule has 0 aliphatic heterocycles. The highest BCUT2D eigenvalue weighted by Gasteiger charge is 2.01. The van der Waals surface area contributed by atoms with Crippen LogP contribution in [0.4, 0.5) is 0 Å². The molecule has 6 heteroatoms. The quantitative estimate of drug-likeness (QED) is 0.665. The average molecular weight is 412 g/mol. The lowest BCUT2D eigenvalue weighted by Gasteiger charge is -2.02. The first-order valence-electron chi connectivity index (χ1n) is 6.16. The fourth-order valence-corrected chi connectivity index (χ4v) is 2.16. The summed E-state index contributed by atoms with van der Waals surface area (Å²) in [6.45, 7) is 0.246. The van der Waals surface area contributed by atoms with Crippen LogP contribution in [0.2, 0.25) is 0 Å². The molecule has 0 atom stereocenters. The number of ether oxygens (including phenoxy) is 1. The largest absolute Gasteiger partial charge is 0.484 e. The minimum atomic E-state index is -0.410. The molecule has 0 aromatic heterocycles. The van der Waals surface area contributed by atoms with Crippen LogP contribution >= 0.6 is 31.9 Å². The van der Waals surface area contributed by atoms with Crippen LogP contribution < -0.4 is 4.74 Å². The highest BCUT2D eigenvalue weighted by atomic mass is 79.9. The molecule has 0 bridgehead atoms. The van der Waals surface area contributed by atoms with Crippen molar-refractivity contribution in [3.8, 4) is 5.75 Å². The molecular formula is C15H12Br2N2O2. The summed E-state index contributed by atoms with van der Waals surface area (Å²) in [5.41, 5.74) is 0.989. The topological polar surface area (TPSA) is 51.0 Å². The van der Waals surface area contributed by atoms with Gasteiger partial charge in [0.2, 0.25) is 0 Å². The number of amides is 1. The molecule has 21 heavy (non-hydrogen) atoms. The molecule has 4 nitrogen and oxygen atoms in total. The number of halogens is 2. The van der Waals surface area contributed by atoms with E-state index >= 15 is 0 Å².